The van der Waals surface area contributed by atoms with Gasteiger partial charge in [0, 0.05) is 5.02 Å². The van der Waals surface area contributed by atoms with Crippen LogP contribution in [0.2, 0.25) is 5.02 Å². The fourth-order valence-electron chi connectivity index (χ4n) is 2.05. The maximum atomic E-state index is 5.90. The Bertz CT molecular complexity index is 336. The summed E-state index contributed by atoms with van der Waals surface area (Å²) in [5.41, 5.74) is 1.19. The fraction of sp³-hybridized carbons (Fsp3) is 0.538. The highest BCUT2D eigenvalue weighted by Gasteiger charge is 2.25. The van der Waals surface area contributed by atoms with Gasteiger partial charge >= 0.3 is 0 Å². The number of hydrogen-bond donors (Lipinski definition) is 1. The van der Waals surface area contributed by atoms with Gasteiger partial charge in [0.25, 0.3) is 0 Å². The van der Waals surface area contributed by atoms with Crippen LogP contribution in [0.25, 0.3) is 0 Å². The molecule has 17 heavy (non-hydrogen) atoms. The molecule has 1 fully saturated rings. The van der Waals surface area contributed by atoms with Crippen LogP contribution in [-0.4, -0.2) is 32.5 Å². The maximum absolute atomic E-state index is 5.90. The normalized spacial score (nSPS) is 22.4. The van der Waals surface area contributed by atoms with Gasteiger partial charge in [-0.15, -0.1) is 0 Å². The Hall–Kier alpha value is -0.610. The molecular weight excluding hydrogens is 238 g/mol. The van der Waals surface area contributed by atoms with E-state index in [1.807, 2.05) is 24.3 Å². The van der Waals surface area contributed by atoms with Crippen molar-refractivity contribution in [3.63, 3.8) is 0 Å². The molecule has 1 aliphatic rings. The fourth-order valence-corrected chi connectivity index (χ4v) is 2.18. The van der Waals surface area contributed by atoms with Crippen LogP contribution < -0.4 is 5.32 Å². The van der Waals surface area contributed by atoms with Crippen molar-refractivity contribution in [3.05, 3.63) is 34.9 Å². The molecular formula is C13H18ClNO2. The second-order valence-corrected chi connectivity index (χ2v) is 4.51. The average molecular weight is 256 g/mol. The second-order valence-electron chi connectivity index (χ2n) is 4.07. The van der Waals surface area contributed by atoms with Gasteiger partial charge in [0.2, 0.25) is 0 Å². The van der Waals surface area contributed by atoms with Crippen molar-refractivity contribution in [3.8, 4) is 0 Å². The SMILES string of the molecule is CCNC(c1ccc(Cl)cc1)C1COCCO1. The molecule has 0 bridgehead atoms. The third-order valence-corrected chi connectivity index (χ3v) is 3.12. The van der Waals surface area contributed by atoms with Crippen LogP contribution in [0.3, 0.4) is 0 Å². The highest BCUT2D eigenvalue weighted by atomic mass is 35.5. The van der Waals surface area contributed by atoms with Crippen LogP contribution in [0, 0.1) is 0 Å². The standard InChI is InChI=1S/C13H18ClNO2/c1-2-15-13(12-9-16-7-8-17-12)10-3-5-11(14)6-4-10/h3-6,12-13,15H,2,7-9H2,1H3. The van der Waals surface area contributed by atoms with Gasteiger partial charge in [-0.3, -0.25) is 0 Å². The first-order valence-corrected chi connectivity index (χ1v) is 6.37. The van der Waals surface area contributed by atoms with Gasteiger partial charge in [0.1, 0.15) is 6.10 Å². The topological polar surface area (TPSA) is 30.5 Å². The molecule has 1 N–H and O–H groups in total. The van der Waals surface area contributed by atoms with E-state index in [2.05, 4.69) is 12.2 Å². The Kier molecular flexibility index (Phi) is 4.80. The summed E-state index contributed by atoms with van der Waals surface area (Å²) in [7, 11) is 0. The summed E-state index contributed by atoms with van der Waals surface area (Å²) < 4.78 is 11.2. The second kappa shape index (κ2) is 6.36. The minimum absolute atomic E-state index is 0.0740. The van der Waals surface area contributed by atoms with Crippen LogP contribution in [-0.2, 0) is 9.47 Å². The zero-order chi connectivity index (χ0) is 12.1. The Labute approximate surface area is 107 Å². The molecule has 3 nitrogen and oxygen atoms in total. The lowest BCUT2D eigenvalue weighted by molar-refractivity contribution is -0.102. The average Bonchev–Trinajstić information content (AvgIpc) is 2.38. The van der Waals surface area contributed by atoms with E-state index in [0.717, 1.165) is 11.6 Å². The summed E-state index contributed by atoms with van der Waals surface area (Å²) in [5.74, 6) is 0. The molecule has 1 heterocycles. The van der Waals surface area contributed by atoms with Crippen molar-refractivity contribution in [1.29, 1.82) is 0 Å². The summed E-state index contributed by atoms with van der Waals surface area (Å²) >= 11 is 5.90. The predicted octanol–water partition coefficient (Wildman–Crippen LogP) is 2.41. The van der Waals surface area contributed by atoms with Gasteiger partial charge in [-0.05, 0) is 24.2 Å². The molecule has 2 rings (SSSR count). The summed E-state index contributed by atoms with van der Waals surface area (Å²) in [6, 6.07) is 8.05. The smallest absolute Gasteiger partial charge is 0.100 e. The van der Waals surface area contributed by atoms with Gasteiger partial charge in [-0.1, -0.05) is 30.7 Å². The van der Waals surface area contributed by atoms with Crippen LogP contribution in [0.4, 0.5) is 0 Å². The highest BCUT2D eigenvalue weighted by molar-refractivity contribution is 6.30. The molecule has 0 radical (unpaired) electrons. The quantitative estimate of drug-likeness (QED) is 0.896. The number of ether oxygens (including phenoxy) is 2. The Morgan fingerprint density at radius 1 is 1.35 bits per heavy atom. The monoisotopic (exact) mass is 255 g/mol. The number of halogens is 1. The van der Waals surface area contributed by atoms with E-state index in [1.54, 1.807) is 0 Å². The first kappa shape index (κ1) is 12.8. The van der Waals surface area contributed by atoms with E-state index < -0.39 is 0 Å². The molecule has 2 atom stereocenters. The van der Waals surface area contributed by atoms with Gasteiger partial charge in [-0.25, -0.2) is 0 Å². The number of nitrogens with one attached hydrogen (secondary N) is 1. The highest BCUT2D eigenvalue weighted by Crippen LogP contribution is 2.23. The summed E-state index contributed by atoms with van der Waals surface area (Å²) in [6.07, 6.45) is 0.0740. The van der Waals surface area contributed by atoms with Crippen molar-refractivity contribution < 1.29 is 9.47 Å². The van der Waals surface area contributed by atoms with Crippen molar-refractivity contribution in [2.45, 2.75) is 19.1 Å². The zero-order valence-corrected chi connectivity index (χ0v) is 10.7. The molecule has 0 aromatic heterocycles. The number of hydrogen-bond acceptors (Lipinski definition) is 3. The largest absolute Gasteiger partial charge is 0.376 e. The molecule has 1 saturated heterocycles. The Morgan fingerprint density at radius 3 is 2.71 bits per heavy atom. The third kappa shape index (κ3) is 3.42. The van der Waals surface area contributed by atoms with E-state index in [1.165, 1.54) is 5.56 Å². The van der Waals surface area contributed by atoms with Gasteiger partial charge in [0.15, 0.2) is 0 Å². The van der Waals surface area contributed by atoms with Crippen LogP contribution in [0.15, 0.2) is 24.3 Å². The third-order valence-electron chi connectivity index (χ3n) is 2.87. The van der Waals surface area contributed by atoms with E-state index >= 15 is 0 Å². The molecule has 2 unspecified atom stereocenters. The molecule has 1 aromatic carbocycles. The van der Waals surface area contributed by atoms with Gasteiger partial charge in [0.05, 0.1) is 25.9 Å². The van der Waals surface area contributed by atoms with E-state index in [0.29, 0.717) is 19.8 Å². The molecule has 94 valence electrons. The molecule has 4 heteroatoms. The summed E-state index contributed by atoms with van der Waals surface area (Å²) in [5, 5.41) is 4.19. The molecule has 0 aliphatic carbocycles. The van der Waals surface area contributed by atoms with Crippen molar-refractivity contribution >= 4 is 11.6 Å². The minimum atomic E-state index is 0.0740. The number of rotatable bonds is 4. The summed E-state index contributed by atoms with van der Waals surface area (Å²) in [6.45, 7) is 4.98. The van der Waals surface area contributed by atoms with Gasteiger partial charge in [-0.2, -0.15) is 0 Å². The molecule has 0 spiro atoms. The maximum Gasteiger partial charge on any atom is 0.100 e. The lowest BCUT2D eigenvalue weighted by Gasteiger charge is -2.31. The van der Waals surface area contributed by atoms with E-state index in [4.69, 9.17) is 21.1 Å². The van der Waals surface area contributed by atoms with Crippen molar-refractivity contribution in [2.24, 2.45) is 0 Å². The Morgan fingerprint density at radius 2 is 2.12 bits per heavy atom. The first-order chi connectivity index (χ1) is 8.31. The van der Waals surface area contributed by atoms with Crippen LogP contribution in [0.5, 0.6) is 0 Å². The van der Waals surface area contributed by atoms with Crippen LogP contribution >= 0.6 is 11.6 Å². The lowest BCUT2D eigenvalue weighted by Crippen LogP contribution is -2.40. The molecule has 0 saturated carbocycles. The van der Waals surface area contributed by atoms with Crippen molar-refractivity contribution in [1.82, 2.24) is 5.32 Å². The first-order valence-electron chi connectivity index (χ1n) is 5.99. The minimum Gasteiger partial charge on any atom is -0.376 e. The zero-order valence-electron chi connectivity index (χ0n) is 9.99. The Balaban J connectivity index is 2.12. The summed E-state index contributed by atoms with van der Waals surface area (Å²) in [4.78, 5) is 0. The number of benzene rings is 1. The van der Waals surface area contributed by atoms with Gasteiger partial charge < -0.3 is 14.8 Å². The molecule has 1 aliphatic heterocycles. The molecule has 1 aromatic rings. The predicted molar refractivity (Wildman–Crippen MR) is 68.4 cm³/mol. The van der Waals surface area contributed by atoms with E-state index in [-0.39, 0.29) is 12.1 Å². The van der Waals surface area contributed by atoms with E-state index in [9.17, 15) is 0 Å². The van der Waals surface area contributed by atoms with Crippen molar-refractivity contribution in [2.75, 3.05) is 26.4 Å². The number of likely N-dealkylation sites (N-methyl/N-ethyl adjacent to an activating group) is 1. The lowest BCUT2D eigenvalue weighted by atomic mass is 10.0. The van der Waals surface area contributed by atoms with Crippen LogP contribution in [0.1, 0.15) is 18.5 Å². The molecule has 0 amide bonds.